The summed E-state index contributed by atoms with van der Waals surface area (Å²) in [5.41, 5.74) is 0.0269. The van der Waals surface area contributed by atoms with Crippen molar-refractivity contribution in [2.45, 2.75) is 39.2 Å². The monoisotopic (exact) mass is 333 g/mol. The highest BCUT2D eigenvalue weighted by Crippen LogP contribution is 2.40. The van der Waals surface area contributed by atoms with Gasteiger partial charge in [0.15, 0.2) is 0 Å². The molecular formula is C17H27N5O2. The molecule has 2 N–H and O–H groups in total. The lowest BCUT2D eigenvalue weighted by atomic mass is 9.71. The van der Waals surface area contributed by atoms with Crippen LogP contribution in [-0.4, -0.2) is 64.7 Å². The van der Waals surface area contributed by atoms with Crippen LogP contribution in [0.2, 0.25) is 0 Å². The van der Waals surface area contributed by atoms with E-state index in [9.17, 15) is 9.90 Å². The molecule has 3 heterocycles. The Hall–Kier alpha value is -1.89. The second-order valence-corrected chi connectivity index (χ2v) is 7.02. The number of anilines is 2. The summed E-state index contributed by atoms with van der Waals surface area (Å²) in [7, 11) is 0. The number of amides is 1. The van der Waals surface area contributed by atoms with Gasteiger partial charge in [-0.2, -0.15) is 4.98 Å². The molecule has 24 heavy (non-hydrogen) atoms. The maximum Gasteiger partial charge on any atom is 0.227 e. The highest BCUT2D eigenvalue weighted by Gasteiger charge is 2.42. The third-order valence-corrected chi connectivity index (χ3v) is 5.18. The molecule has 0 aliphatic carbocycles. The molecule has 1 amide bonds. The van der Waals surface area contributed by atoms with Crippen molar-refractivity contribution in [1.29, 1.82) is 0 Å². The zero-order valence-electron chi connectivity index (χ0n) is 14.5. The Labute approximate surface area is 143 Å². The van der Waals surface area contributed by atoms with E-state index in [1.165, 1.54) is 0 Å². The zero-order valence-corrected chi connectivity index (χ0v) is 14.5. The van der Waals surface area contributed by atoms with Crippen molar-refractivity contribution in [3.63, 3.8) is 0 Å². The van der Waals surface area contributed by atoms with E-state index in [-0.39, 0.29) is 11.3 Å². The molecule has 1 unspecified atom stereocenters. The Morgan fingerprint density at radius 2 is 2.21 bits per heavy atom. The summed E-state index contributed by atoms with van der Waals surface area (Å²) in [4.78, 5) is 24.7. The van der Waals surface area contributed by atoms with Gasteiger partial charge in [-0.3, -0.25) is 4.79 Å². The van der Waals surface area contributed by atoms with E-state index in [2.05, 4.69) is 20.2 Å². The molecule has 7 nitrogen and oxygen atoms in total. The van der Waals surface area contributed by atoms with Gasteiger partial charge in [-0.25, -0.2) is 4.98 Å². The summed E-state index contributed by atoms with van der Waals surface area (Å²) < 4.78 is 0. The smallest absolute Gasteiger partial charge is 0.227 e. The van der Waals surface area contributed by atoms with Crippen LogP contribution in [-0.2, 0) is 4.79 Å². The first-order chi connectivity index (χ1) is 11.5. The Morgan fingerprint density at radius 3 is 2.88 bits per heavy atom. The molecule has 2 fully saturated rings. The number of aliphatic hydroxyl groups is 1. The van der Waals surface area contributed by atoms with E-state index in [0.29, 0.717) is 6.54 Å². The van der Waals surface area contributed by atoms with E-state index in [0.717, 1.165) is 57.2 Å². The number of carbonyl (C=O) groups excluding carboxylic acids is 1. The van der Waals surface area contributed by atoms with Crippen molar-refractivity contribution in [2.75, 3.05) is 42.9 Å². The standard InChI is InChI=1S/C17H27N5O2/c1-3-18-15-4-7-19-16(20-15)21-8-5-17(6-9-21)10-14(24)11-22(12-17)13(2)23/h4,7,14,24H,3,5-6,8-12H2,1-2H3,(H,18,19,20). The summed E-state index contributed by atoms with van der Waals surface area (Å²) in [6.07, 6.45) is 4.04. The van der Waals surface area contributed by atoms with E-state index in [4.69, 9.17) is 0 Å². The Balaban J connectivity index is 1.66. The largest absolute Gasteiger partial charge is 0.391 e. The summed E-state index contributed by atoms with van der Waals surface area (Å²) in [6, 6.07) is 1.88. The first kappa shape index (κ1) is 17.0. The van der Waals surface area contributed by atoms with Crippen molar-refractivity contribution >= 4 is 17.7 Å². The minimum atomic E-state index is -0.414. The second kappa shape index (κ2) is 6.93. The molecule has 1 atom stereocenters. The van der Waals surface area contributed by atoms with Gasteiger partial charge in [0.1, 0.15) is 5.82 Å². The van der Waals surface area contributed by atoms with Crippen molar-refractivity contribution in [3.8, 4) is 0 Å². The molecule has 0 bridgehead atoms. The first-order valence-corrected chi connectivity index (χ1v) is 8.77. The fourth-order valence-electron chi connectivity index (χ4n) is 3.92. The number of piperidine rings is 2. The number of aromatic nitrogens is 2. The Morgan fingerprint density at radius 1 is 1.46 bits per heavy atom. The molecular weight excluding hydrogens is 306 g/mol. The molecule has 2 aliphatic rings. The molecule has 1 aromatic rings. The van der Waals surface area contributed by atoms with Crippen molar-refractivity contribution in [2.24, 2.45) is 5.41 Å². The van der Waals surface area contributed by atoms with E-state index in [1.54, 1.807) is 18.0 Å². The van der Waals surface area contributed by atoms with Crippen LogP contribution in [0.3, 0.4) is 0 Å². The molecule has 0 aromatic carbocycles. The fraction of sp³-hybridized carbons (Fsp3) is 0.706. The number of rotatable bonds is 3. The van der Waals surface area contributed by atoms with Gasteiger partial charge < -0.3 is 20.2 Å². The lowest BCUT2D eigenvalue weighted by Crippen LogP contribution is -2.55. The van der Waals surface area contributed by atoms with Crippen molar-refractivity contribution in [1.82, 2.24) is 14.9 Å². The number of aliphatic hydroxyl groups excluding tert-OH is 1. The number of likely N-dealkylation sites (tertiary alicyclic amines) is 1. The van der Waals surface area contributed by atoms with Crippen molar-refractivity contribution < 1.29 is 9.90 Å². The SMILES string of the molecule is CCNc1ccnc(N2CCC3(CC2)CC(O)CN(C(C)=O)C3)n1. The van der Waals surface area contributed by atoms with E-state index >= 15 is 0 Å². The van der Waals surface area contributed by atoms with Crippen LogP contribution >= 0.6 is 0 Å². The van der Waals surface area contributed by atoms with Gasteiger partial charge in [0.05, 0.1) is 6.10 Å². The highest BCUT2D eigenvalue weighted by atomic mass is 16.3. The summed E-state index contributed by atoms with van der Waals surface area (Å²) in [5, 5.41) is 13.4. The summed E-state index contributed by atoms with van der Waals surface area (Å²) in [6.45, 7) is 7.39. The molecule has 132 valence electrons. The van der Waals surface area contributed by atoms with Crippen molar-refractivity contribution in [3.05, 3.63) is 12.3 Å². The molecule has 2 aliphatic heterocycles. The lowest BCUT2D eigenvalue weighted by Gasteiger charge is -2.49. The molecule has 2 saturated heterocycles. The molecule has 3 rings (SSSR count). The zero-order chi connectivity index (χ0) is 17.2. The summed E-state index contributed by atoms with van der Waals surface area (Å²) >= 11 is 0. The van der Waals surface area contributed by atoms with Crippen LogP contribution in [0.5, 0.6) is 0 Å². The number of nitrogens with zero attached hydrogens (tertiary/aromatic N) is 4. The fourth-order valence-corrected chi connectivity index (χ4v) is 3.92. The van der Waals surface area contributed by atoms with Gasteiger partial charge in [0, 0.05) is 45.8 Å². The number of hydrogen-bond acceptors (Lipinski definition) is 6. The summed E-state index contributed by atoms with van der Waals surface area (Å²) in [5.74, 6) is 1.65. The Kier molecular flexibility index (Phi) is 4.89. The average Bonchev–Trinajstić information content (AvgIpc) is 2.55. The maximum absolute atomic E-state index is 11.7. The van der Waals surface area contributed by atoms with Crippen LogP contribution in [0.4, 0.5) is 11.8 Å². The third-order valence-electron chi connectivity index (χ3n) is 5.18. The van der Waals surface area contributed by atoms with Gasteiger partial charge in [-0.05, 0) is 37.7 Å². The van der Waals surface area contributed by atoms with Gasteiger partial charge >= 0.3 is 0 Å². The Bertz CT molecular complexity index is 586. The quantitative estimate of drug-likeness (QED) is 0.862. The van der Waals surface area contributed by atoms with Crippen LogP contribution in [0.15, 0.2) is 12.3 Å². The molecule has 0 saturated carbocycles. The molecule has 7 heteroatoms. The number of β-amino-alcohol motifs (C(OH)–C–C–N with tert-alkyl or cyclic N) is 1. The topological polar surface area (TPSA) is 81.6 Å². The lowest BCUT2D eigenvalue weighted by molar-refractivity contribution is -0.137. The number of nitrogens with one attached hydrogen (secondary N) is 1. The van der Waals surface area contributed by atoms with Crippen LogP contribution in [0.25, 0.3) is 0 Å². The van der Waals surface area contributed by atoms with Crippen LogP contribution in [0, 0.1) is 5.41 Å². The molecule has 0 radical (unpaired) electrons. The normalized spacial score (nSPS) is 23.4. The van der Waals surface area contributed by atoms with Gasteiger partial charge in [0.25, 0.3) is 0 Å². The van der Waals surface area contributed by atoms with E-state index < -0.39 is 6.10 Å². The highest BCUT2D eigenvalue weighted by molar-refractivity contribution is 5.73. The average molecular weight is 333 g/mol. The molecule has 1 aromatic heterocycles. The van der Waals surface area contributed by atoms with Gasteiger partial charge in [-0.1, -0.05) is 0 Å². The number of hydrogen-bond donors (Lipinski definition) is 2. The predicted molar refractivity (Wildman–Crippen MR) is 93.0 cm³/mol. The molecule has 1 spiro atoms. The van der Waals surface area contributed by atoms with Crippen LogP contribution < -0.4 is 10.2 Å². The minimum absolute atomic E-state index is 0.0269. The third kappa shape index (κ3) is 3.61. The van der Waals surface area contributed by atoms with Gasteiger partial charge in [0.2, 0.25) is 11.9 Å². The predicted octanol–water partition coefficient (Wildman–Crippen LogP) is 1.11. The first-order valence-electron chi connectivity index (χ1n) is 8.77. The van der Waals surface area contributed by atoms with Gasteiger partial charge in [-0.15, -0.1) is 0 Å². The second-order valence-electron chi connectivity index (χ2n) is 7.02. The van der Waals surface area contributed by atoms with E-state index in [1.807, 2.05) is 13.0 Å². The maximum atomic E-state index is 11.7. The number of carbonyl (C=O) groups is 1. The van der Waals surface area contributed by atoms with Crippen LogP contribution in [0.1, 0.15) is 33.1 Å². The minimum Gasteiger partial charge on any atom is -0.391 e.